The molecular weight excluding hydrogens is 170 g/mol. The molecule has 0 amide bonds. The zero-order valence-electron chi connectivity index (χ0n) is 8.03. The molecule has 0 aliphatic heterocycles. The maximum absolute atomic E-state index is 10.8. The molecule has 0 aromatic rings. The van der Waals surface area contributed by atoms with Crippen LogP contribution in [0.3, 0.4) is 0 Å². The number of carbonyl (C=O) groups is 1. The van der Waals surface area contributed by atoms with Gasteiger partial charge in [-0.2, -0.15) is 0 Å². The van der Waals surface area contributed by atoms with Crippen LogP contribution >= 0.6 is 0 Å². The second-order valence-electron chi connectivity index (χ2n) is 2.97. The SMILES string of the molecule is CC/C=C/[C@@](N)(C(=O)O)[C@H](O)CC. The number of carboxylic acids is 1. The minimum atomic E-state index is -1.65. The van der Waals surface area contributed by atoms with Gasteiger partial charge in [-0.3, -0.25) is 0 Å². The number of carboxylic acid groups (broad SMARTS) is 1. The van der Waals surface area contributed by atoms with Gasteiger partial charge >= 0.3 is 5.97 Å². The fraction of sp³-hybridized carbons (Fsp3) is 0.667. The van der Waals surface area contributed by atoms with Gasteiger partial charge in [-0.25, -0.2) is 4.79 Å². The Hall–Kier alpha value is -0.870. The lowest BCUT2D eigenvalue weighted by Crippen LogP contribution is -2.55. The monoisotopic (exact) mass is 187 g/mol. The van der Waals surface area contributed by atoms with Crippen molar-refractivity contribution < 1.29 is 15.0 Å². The standard InChI is InChI=1S/C9H17NO3/c1-3-5-6-9(10,8(12)13)7(11)4-2/h5-7,11H,3-4,10H2,1-2H3,(H,12,13)/b6-5+/t7-,9+/m1/s1. The van der Waals surface area contributed by atoms with Crippen LogP contribution in [-0.4, -0.2) is 27.8 Å². The van der Waals surface area contributed by atoms with Crippen molar-refractivity contribution in [1.29, 1.82) is 0 Å². The van der Waals surface area contributed by atoms with Crippen molar-refractivity contribution in [3.05, 3.63) is 12.2 Å². The molecule has 0 rings (SSSR count). The molecule has 0 saturated carbocycles. The Morgan fingerprint density at radius 1 is 1.62 bits per heavy atom. The first kappa shape index (κ1) is 12.1. The number of aliphatic hydroxyl groups is 1. The zero-order chi connectivity index (χ0) is 10.5. The normalized spacial score (nSPS) is 18.5. The minimum absolute atomic E-state index is 0.316. The molecule has 0 heterocycles. The number of nitrogens with two attached hydrogens (primary N) is 1. The Bertz CT molecular complexity index is 203. The third-order valence-corrected chi connectivity index (χ3v) is 1.94. The average molecular weight is 187 g/mol. The van der Waals surface area contributed by atoms with E-state index in [9.17, 15) is 9.90 Å². The van der Waals surface area contributed by atoms with Gasteiger partial charge in [0.1, 0.15) is 0 Å². The van der Waals surface area contributed by atoms with Gasteiger partial charge in [0, 0.05) is 0 Å². The summed E-state index contributed by atoms with van der Waals surface area (Å²) in [4.78, 5) is 10.8. The highest BCUT2D eigenvalue weighted by molar-refractivity contribution is 5.82. The van der Waals surface area contributed by atoms with Gasteiger partial charge in [-0.1, -0.05) is 26.0 Å². The van der Waals surface area contributed by atoms with Crippen LogP contribution in [0.15, 0.2) is 12.2 Å². The first-order chi connectivity index (χ1) is 5.99. The van der Waals surface area contributed by atoms with Gasteiger partial charge < -0.3 is 15.9 Å². The van der Waals surface area contributed by atoms with Crippen molar-refractivity contribution in [2.24, 2.45) is 5.73 Å². The third-order valence-electron chi connectivity index (χ3n) is 1.94. The molecule has 13 heavy (non-hydrogen) atoms. The number of aliphatic carboxylic acids is 1. The van der Waals surface area contributed by atoms with E-state index in [1.807, 2.05) is 6.92 Å². The van der Waals surface area contributed by atoms with E-state index in [1.54, 1.807) is 13.0 Å². The Kier molecular flexibility index (Phi) is 4.66. The summed E-state index contributed by atoms with van der Waals surface area (Å²) in [6.45, 7) is 3.56. The first-order valence-corrected chi connectivity index (χ1v) is 4.37. The Labute approximate surface area is 78.1 Å². The van der Waals surface area contributed by atoms with E-state index in [0.29, 0.717) is 12.8 Å². The third kappa shape index (κ3) is 2.82. The summed E-state index contributed by atoms with van der Waals surface area (Å²) in [7, 11) is 0. The van der Waals surface area contributed by atoms with Crippen LogP contribution in [0, 0.1) is 0 Å². The summed E-state index contributed by atoms with van der Waals surface area (Å²) >= 11 is 0. The van der Waals surface area contributed by atoms with Crippen molar-refractivity contribution in [2.75, 3.05) is 0 Å². The largest absolute Gasteiger partial charge is 0.480 e. The minimum Gasteiger partial charge on any atom is -0.480 e. The van der Waals surface area contributed by atoms with E-state index in [1.165, 1.54) is 6.08 Å². The lowest BCUT2D eigenvalue weighted by molar-refractivity contribution is -0.145. The van der Waals surface area contributed by atoms with Gasteiger partial charge in [0.2, 0.25) is 0 Å². The smallest absolute Gasteiger partial charge is 0.330 e. The summed E-state index contributed by atoms with van der Waals surface area (Å²) in [5, 5.41) is 18.2. The molecule has 76 valence electrons. The predicted octanol–water partition coefficient (Wildman–Crippen LogP) is 0.506. The van der Waals surface area contributed by atoms with Gasteiger partial charge in [-0.15, -0.1) is 0 Å². The number of aliphatic hydroxyl groups excluding tert-OH is 1. The second kappa shape index (κ2) is 4.99. The lowest BCUT2D eigenvalue weighted by Gasteiger charge is -2.25. The van der Waals surface area contributed by atoms with Crippen molar-refractivity contribution in [2.45, 2.75) is 38.3 Å². The van der Waals surface area contributed by atoms with Crippen molar-refractivity contribution in [1.82, 2.24) is 0 Å². The van der Waals surface area contributed by atoms with Gasteiger partial charge in [0.25, 0.3) is 0 Å². The van der Waals surface area contributed by atoms with E-state index in [2.05, 4.69) is 0 Å². The van der Waals surface area contributed by atoms with E-state index in [4.69, 9.17) is 10.8 Å². The van der Waals surface area contributed by atoms with Gasteiger partial charge in [-0.05, 0) is 12.8 Å². The number of hydrogen-bond donors (Lipinski definition) is 3. The van der Waals surface area contributed by atoms with Crippen LogP contribution in [0.5, 0.6) is 0 Å². The van der Waals surface area contributed by atoms with E-state index < -0.39 is 17.6 Å². The van der Waals surface area contributed by atoms with Gasteiger partial charge in [0.15, 0.2) is 5.54 Å². The highest BCUT2D eigenvalue weighted by Crippen LogP contribution is 2.13. The molecule has 4 N–H and O–H groups in total. The molecule has 0 bridgehead atoms. The molecule has 0 radical (unpaired) electrons. The second-order valence-corrected chi connectivity index (χ2v) is 2.97. The summed E-state index contributed by atoms with van der Waals surface area (Å²) in [5.74, 6) is -1.20. The number of rotatable bonds is 5. The van der Waals surface area contributed by atoms with Crippen molar-refractivity contribution in [3.8, 4) is 0 Å². The number of hydrogen-bond acceptors (Lipinski definition) is 3. The quantitative estimate of drug-likeness (QED) is 0.547. The maximum Gasteiger partial charge on any atom is 0.330 e. The highest BCUT2D eigenvalue weighted by atomic mass is 16.4. The van der Waals surface area contributed by atoms with Crippen LogP contribution < -0.4 is 5.73 Å². The highest BCUT2D eigenvalue weighted by Gasteiger charge is 2.37. The molecule has 0 aliphatic carbocycles. The summed E-state index contributed by atoms with van der Waals surface area (Å²) in [6.07, 6.45) is 2.96. The Morgan fingerprint density at radius 3 is 2.46 bits per heavy atom. The van der Waals surface area contributed by atoms with E-state index in [0.717, 1.165) is 0 Å². The summed E-state index contributed by atoms with van der Waals surface area (Å²) in [6, 6.07) is 0. The van der Waals surface area contributed by atoms with Crippen molar-refractivity contribution >= 4 is 5.97 Å². The molecule has 0 aromatic heterocycles. The molecule has 0 spiro atoms. The van der Waals surface area contributed by atoms with Crippen molar-refractivity contribution in [3.63, 3.8) is 0 Å². The maximum atomic E-state index is 10.8. The van der Waals surface area contributed by atoms with Crippen LogP contribution in [0.4, 0.5) is 0 Å². The Morgan fingerprint density at radius 2 is 2.15 bits per heavy atom. The van der Waals surface area contributed by atoms with E-state index >= 15 is 0 Å². The van der Waals surface area contributed by atoms with Gasteiger partial charge in [0.05, 0.1) is 6.10 Å². The first-order valence-electron chi connectivity index (χ1n) is 4.37. The predicted molar refractivity (Wildman–Crippen MR) is 50.3 cm³/mol. The molecule has 0 aromatic carbocycles. The molecular formula is C9H17NO3. The van der Waals surface area contributed by atoms with Crippen LogP contribution in [0.1, 0.15) is 26.7 Å². The fourth-order valence-electron chi connectivity index (χ4n) is 0.976. The fourth-order valence-corrected chi connectivity index (χ4v) is 0.976. The van der Waals surface area contributed by atoms with Crippen LogP contribution in [-0.2, 0) is 4.79 Å². The molecule has 2 atom stereocenters. The molecule has 0 fully saturated rings. The van der Waals surface area contributed by atoms with Crippen LogP contribution in [0.25, 0.3) is 0 Å². The van der Waals surface area contributed by atoms with E-state index in [-0.39, 0.29) is 0 Å². The number of allylic oxidation sites excluding steroid dienone is 1. The summed E-state index contributed by atoms with van der Waals surface area (Å²) < 4.78 is 0. The average Bonchev–Trinajstić information content (AvgIpc) is 2.12. The topological polar surface area (TPSA) is 83.6 Å². The molecule has 0 unspecified atom stereocenters. The molecule has 4 heteroatoms. The zero-order valence-corrected chi connectivity index (χ0v) is 8.03. The molecule has 0 saturated heterocycles. The van der Waals surface area contributed by atoms with Crippen LogP contribution in [0.2, 0.25) is 0 Å². The lowest BCUT2D eigenvalue weighted by atomic mass is 9.91. The molecule has 0 aliphatic rings. The molecule has 4 nitrogen and oxygen atoms in total. The Balaban J connectivity index is 4.72. The summed E-state index contributed by atoms with van der Waals surface area (Å²) in [5.41, 5.74) is 3.90.